The standard InChI is InChI=1S/C27H17F2NO3/c28-19-11-7-17(8-12-19)26(18-9-13-20(29)14-10-18)33-27(31)22-16-24(25-6-3-15-32-25)30-23-5-2-1-4-21(22)23/h1-16,26H. The van der Waals surface area contributed by atoms with E-state index in [9.17, 15) is 13.6 Å². The van der Waals surface area contributed by atoms with Crippen LogP contribution < -0.4 is 0 Å². The van der Waals surface area contributed by atoms with E-state index in [0.717, 1.165) is 0 Å². The molecule has 2 heterocycles. The van der Waals surface area contributed by atoms with E-state index in [1.807, 2.05) is 12.1 Å². The zero-order valence-electron chi connectivity index (χ0n) is 17.2. The van der Waals surface area contributed by atoms with Gasteiger partial charge in [-0.1, -0.05) is 42.5 Å². The van der Waals surface area contributed by atoms with Crippen molar-refractivity contribution in [3.63, 3.8) is 0 Å². The van der Waals surface area contributed by atoms with E-state index >= 15 is 0 Å². The van der Waals surface area contributed by atoms with Crippen molar-refractivity contribution in [3.8, 4) is 11.5 Å². The van der Waals surface area contributed by atoms with E-state index in [-0.39, 0.29) is 0 Å². The molecule has 0 radical (unpaired) electrons. The first-order valence-electron chi connectivity index (χ1n) is 10.2. The van der Waals surface area contributed by atoms with Crippen LogP contribution >= 0.6 is 0 Å². The number of carbonyl (C=O) groups excluding carboxylic acids is 1. The first kappa shape index (κ1) is 20.6. The number of nitrogens with zero attached hydrogens (tertiary/aromatic N) is 1. The monoisotopic (exact) mass is 441 g/mol. The second-order valence-corrected chi connectivity index (χ2v) is 7.44. The summed E-state index contributed by atoms with van der Waals surface area (Å²) in [6, 6.07) is 23.6. The zero-order valence-corrected chi connectivity index (χ0v) is 17.2. The minimum Gasteiger partial charge on any atom is -0.463 e. The van der Waals surface area contributed by atoms with Gasteiger partial charge in [0.2, 0.25) is 0 Å². The molecule has 0 unspecified atom stereocenters. The fourth-order valence-electron chi connectivity index (χ4n) is 3.67. The maximum Gasteiger partial charge on any atom is 0.339 e. The second-order valence-electron chi connectivity index (χ2n) is 7.44. The number of benzene rings is 3. The third kappa shape index (κ3) is 4.23. The molecular weight excluding hydrogens is 424 g/mol. The van der Waals surface area contributed by atoms with E-state index in [4.69, 9.17) is 9.15 Å². The van der Waals surface area contributed by atoms with Gasteiger partial charge in [0.25, 0.3) is 0 Å². The number of hydrogen-bond donors (Lipinski definition) is 0. The molecule has 3 aromatic carbocycles. The molecule has 0 aliphatic rings. The molecule has 5 aromatic rings. The average Bonchev–Trinajstić information content (AvgIpc) is 3.38. The largest absolute Gasteiger partial charge is 0.463 e. The van der Waals surface area contributed by atoms with Crippen molar-refractivity contribution in [3.05, 3.63) is 126 Å². The van der Waals surface area contributed by atoms with Gasteiger partial charge in [-0.15, -0.1) is 0 Å². The van der Waals surface area contributed by atoms with Crippen molar-refractivity contribution in [1.29, 1.82) is 0 Å². The number of aromatic nitrogens is 1. The van der Waals surface area contributed by atoms with Crippen molar-refractivity contribution in [2.75, 3.05) is 0 Å². The minimum atomic E-state index is -0.863. The summed E-state index contributed by atoms with van der Waals surface area (Å²) in [5.41, 5.74) is 2.52. The molecule has 4 nitrogen and oxygen atoms in total. The Kier molecular flexibility index (Phi) is 5.40. The summed E-state index contributed by atoms with van der Waals surface area (Å²) in [7, 11) is 0. The highest BCUT2D eigenvalue weighted by Gasteiger charge is 2.23. The predicted molar refractivity (Wildman–Crippen MR) is 120 cm³/mol. The topological polar surface area (TPSA) is 52.3 Å². The van der Waals surface area contributed by atoms with Crippen LogP contribution in [0.5, 0.6) is 0 Å². The summed E-state index contributed by atoms with van der Waals surface area (Å²) >= 11 is 0. The van der Waals surface area contributed by atoms with Crippen LogP contribution in [-0.2, 0) is 4.74 Å². The molecule has 0 amide bonds. The summed E-state index contributed by atoms with van der Waals surface area (Å²) in [6.45, 7) is 0. The quantitative estimate of drug-likeness (QED) is 0.284. The van der Waals surface area contributed by atoms with Crippen LogP contribution in [-0.4, -0.2) is 11.0 Å². The van der Waals surface area contributed by atoms with Crippen LogP contribution in [0.1, 0.15) is 27.6 Å². The van der Waals surface area contributed by atoms with Crippen LogP contribution in [0.4, 0.5) is 8.78 Å². The minimum absolute atomic E-state index is 0.307. The van der Waals surface area contributed by atoms with Crippen LogP contribution in [0.3, 0.4) is 0 Å². The van der Waals surface area contributed by atoms with E-state index in [1.54, 1.807) is 30.3 Å². The van der Waals surface area contributed by atoms with Gasteiger partial charge in [-0.05, 0) is 59.7 Å². The maximum atomic E-state index is 13.5. The Bertz CT molecular complexity index is 1370. The summed E-state index contributed by atoms with van der Waals surface area (Å²) in [4.78, 5) is 18.0. The highest BCUT2D eigenvalue weighted by molar-refractivity contribution is 6.04. The molecule has 5 rings (SSSR count). The van der Waals surface area contributed by atoms with Gasteiger partial charge in [0.05, 0.1) is 17.3 Å². The molecule has 162 valence electrons. The summed E-state index contributed by atoms with van der Waals surface area (Å²) in [6.07, 6.45) is 0.668. The fourth-order valence-corrected chi connectivity index (χ4v) is 3.67. The van der Waals surface area contributed by atoms with Crippen molar-refractivity contribution < 1.29 is 22.7 Å². The number of esters is 1. The SMILES string of the molecule is O=C(OC(c1ccc(F)cc1)c1ccc(F)cc1)c1cc(-c2ccco2)nc2ccccc12. The lowest BCUT2D eigenvalue weighted by Gasteiger charge is -2.20. The lowest BCUT2D eigenvalue weighted by Crippen LogP contribution is -2.14. The highest BCUT2D eigenvalue weighted by atomic mass is 19.1. The number of para-hydroxylation sites is 1. The highest BCUT2D eigenvalue weighted by Crippen LogP contribution is 2.31. The molecule has 0 N–H and O–H groups in total. The van der Waals surface area contributed by atoms with Gasteiger partial charge in [0.1, 0.15) is 17.3 Å². The van der Waals surface area contributed by atoms with Crippen molar-refractivity contribution in [1.82, 2.24) is 4.98 Å². The van der Waals surface area contributed by atoms with Gasteiger partial charge in [0, 0.05) is 5.39 Å². The molecule has 6 heteroatoms. The van der Waals surface area contributed by atoms with Crippen LogP contribution in [0.2, 0.25) is 0 Å². The maximum absolute atomic E-state index is 13.5. The molecule has 33 heavy (non-hydrogen) atoms. The van der Waals surface area contributed by atoms with Gasteiger partial charge in [-0.3, -0.25) is 0 Å². The number of furan rings is 1. The van der Waals surface area contributed by atoms with E-state index < -0.39 is 23.7 Å². The molecular formula is C27H17F2NO3. The smallest absolute Gasteiger partial charge is 0.339 e. The molecule has 0 aliphatic heterocycles. The van der Waals surface area contributed by atoms with Crippen LogP contribution in [0.25, 0.3) is 22.4 Å². The molecule has 0 aliphatic carbocycles. The van der Waals surface area contributed by atoms with Crippen molar-refractivity contribution in [2.45, 2.75) is 6.10 Å². The van der Waals surface area contributed by atoms with Gasteiger partial charge >= 0.3 is 5.97 Å². The normalized spacial score (nSPS) is 11.1. The van der Waals surface area contributed by atoms with Crippen LogP contribution in [0.15, 0.2) is 102 Å². The summed E-state index contributed by atoms with van der Waals surface area (Å²) in [5.74, 6) is -0.902. The fraction of sp³-hybridized carbons (Fsp3) is 0.0370. The molecule has 0 saturated heterocycles. The van der Waals surface area contributed by atoms with E-state index in [1.165, 1.54) is 54.8 Å². The third-order valence-electron chi connectivity index (χ3n) is 5.28. The Morgan fingerprint density at radius 2 is 1.45 bits per heavy atom. The number of hydrogen-bond acceptors (Lipinski definition) is 4. The lowest BCUT2D eigenvalue weighted by molar-refractivity contribution is 0.0380. The number of halogens is 2. The molecule has 2 aromatic heterocycles. The van der Waals surface area contributed by atoms with E-state index in [0.29, 0.717) is 39.0 Å². The first-order chi connectivity index (χ1) is 16.1. The Labute approximate surface area is 188 Å². The molecule has 0 bridgehead atoms. The van der Waals surface area contributed by atoms with Gasteiger partial charge in [0.15, 0.2) is 11.9 Å². The van der Waals surface area contributed by atoms with Gasteiger partial charge in [-0.2, -0.15) is 0 Å². The Morgan fingerprint density at radius 1 is 0.818 bits per heavy atom. The van der Waals surface area contributed by atoms with Crippen molar-refractivity contribution >= 4 is 16.9 Å². The van der Waals surface area contributed by atoms with E-state index in [2.05, 4.69) is 4.98 Å². The van der Waals surface area contributed by atoms with Crippen molar-refractivity contribution in [2.24, 2.45) is 0 Å². The van der Waals surface area contributed by atoms with Gasteiger partial charge < -0.3 is 9.15 Å². The zero-order chi connectivity index (χ0) is 22.8. The Balaban J connectivity index is 1.58. The number of ether oxygens (including phenoxy) is 1. The summed E-state index contributed by atoms with van der Waals surface area (Å²) in [5, 5.41) is 0.620. The lowest BCUT2D eigenvalue weighted by atomic mass is 10.0. The average molecular weight is 441 g/mol. The number of pyridine rings is 1. The Hall–Kier alpha value is -4.32. The second kappa shape index (κ2) is 8.67. The third-order valence-corrected chi connectivity index (χ3v) is 5.28. The molecule has 0 atom stereocenters. The first-order valence-corrected chi connectivity index (χ1v) is 10.2. The molecule has 0 saturated carbocycles. The molecule has 0 fully saturated rings. The number of carbonyl (C=O) groups is 1. The predicted octanol–water partition coefficient (Wildman–Crippen LogP) is 6.72. The van der Waals surface area contributed by atoms with Gasteiger partial charge in [-0.25, -0.2) is 18.6 Å². The number of rotatable bonds is 5. The van der Waals surface area contributed by atoms with Crippen LogP contribution in [0, 0.1) is 11.6 Å². The Morgan fingerprint density at radius 3 is 2.06 bits per heavy atom. The number of fused-ring (bicyclic) bond motifs is 1. The summed E-state index contributed by atoms with van der Waals surface area (Å²) < 4.78 is 38.4. The molecule has 0 spiro atoms.